The first-order chi connectivity index (χ1) is 15.0. The Morgan fingerprint density at radius 2 is 2.10 bits per heavy atom. The summed E-state index contributed by atoms with van der Waals surface area (Å²) in [6, 6.07) is 10.4. The van der Waals surface area contributed by atoms with Crippen molar-refractivity contribution in [1.82, 2.24) is 9.78 Å². The van der Waals surface area contributed by atoms with Gasteiger partial charge in [0.05, 0.1) is 25.3 Å². The van der Waals surface area contributed by atoms with E-state index in [1.165, 1.54) is 10.4 Å². The zero-order valence-electron chi connectivity index (χ0n) is 18.5. The maximum Gasteiger partial charge on any atom is 0.234 e. The number of fused-ring (bicyclic) bond motifs is 1. The molecule has 1 atom stereocenters. The number of aryl methyl sites for hydroxylation is 2. The van der Waals surface area contributed by atoms with E-state index in [-0.39, 0.29) is 18.4 Å². The van der Waals surface area contributed by atoms with Crippen molar-refractivity contribution in [2.45, 2.75) is 71.6 Å². The molecule has 5 nitrogen and oxygen atoms in total. The van der Waals surface area contributed by atoms with Crippen molar-refractivity contribution in [2.24, 2.45) is 0 Å². The smallest absolute Gasteiger partial charge is 0.234 e. The molecule has 0 aliphatic heterocycles. The molecule has 31 heavy (non-hydrogen) atoms. The molecular formula is C25H31N3O2S. The summed E-state index contributed by atoms with van der Waals surface area (Å²) in [6.45, 7) is 7.76. The highest BCUT2D eigenvalue weighted by Gasteiger charge is 2.32. The van der Waals surface area contributed by atoms with E-state index >= 15 is 0 Å². The van der Waals surface area contributed by atoms with Gasteiger partial charge in [-0.3, -0.25) is 9.48 Å². The summed E-state index contributed by atoms with van der Waals surface area (Å²) in [5.41, 5.74) is 4.32. The van der Waals surface area contributed by atoms with Crippen molar-refractivity contribution < 1.29 is 9.90 Å². The second-order valence-corrected chi connectivity index (χ2v) is 9.79. The summed E-state index contributed by atoms with van der Waals surface area (Å²) in [4.78, 5) is 18.0. The van der Waals surface area contributed by atoms with Gasteiger partial charge in [0.15, 0.2) is 0 Å². The highest BCUT2D eigenvalue weighted by Crippen LogP contribution is 2.39. The lowest BCUT2D eigenvalue weighted by Gasteiger charge is -2.30. The Bertz CT molecular complexity index is 1040. The molecule has 1 amide bonds. The summed E-state index contributed by atoms with van der Waals surface area (Å²) >= 11 is 1.65. The Morgan fingerprint density at radius 3 is 2.74 bits per heavy atom. The third kappa shape index (κ3) is 4.60. The SMILES string of the molecule is CCn1cc(CN(C(=O)C2CCCc3sc(CO)cc32)c2ccc(C(C)C)cc2)cn1. The number of carbonyl (C=O) groups excluding carboxylic acids is 1. The molecule has 0 saturated carbocycles. The van der Waals surface area contributed by atoms with Crippen LogP contribution in [0.25, 0.3) is 0 Å². The van der Waals surface area contributed by atoms with Crippen molar-refractivity contribution in [3.05, 3.63) is 69.2 Å². The van der Waals surface area contributed by atoms with Gasteiger partial charge >= 0.3 is 0 Å². The molecule has 164 valence electrons. The number of aliphatic hydroxyl groups is 1. The van der Waals surface area contributed by atoms with E-state index in [1.54, 1.807) is 11.3 Å². The van der Waals surface area contributed by atoms with E-state index < -0.39 is 0 Å². The van der Waals surface area contributed by atoms with Gasteiger partial charge in [0.2, 0.25) is 5.91 Å². The van der Waals surface area contributed by atoms with Crippen molar-refractivity contribution >= 4 is 22.9 Å². The second kappa shape index (κ2) is 9.37. The van der Waals surface area contributed by atoms with Crippen LogP contribution < -0.4 is 4.90 Å². The van der Waals surface area contributed by atoms with Crippen LogP contribution in [0.2, 0.25) is 0 Å². The number of aliphatic hydroxyl groups excluding tert-OH is 1. The maximum absolute atomic E-state index is 13.9. The van der Waals surface area contributed by atoms with Crippen LogP contribution in [0, 0.1) is 0 Å². The van der Waals surface area contributed by atoms with Gasteiger partial charge in [0, 0.05) is 33.7 Å². The van der Waals surface area contributed by atoms with Crippen molar-refractivity contribution in [2.75, 3.05) is 4.90 Å². The van der Waals surface area contributed by atoms with Crippen LogP contribution in [0.3, 0.4) is 0 Å². The van der Waals surface area contributed by atoms with Gasteiger partial charge in [-0.25, -0.2) is 0 Å². The van der Waals surface area contributed by atoms with E-state index in [2.05, 4.69) is 50.1 Å². The highest BCUT2D eigenvalue weighted by molar-refractivity contribution is 7.12. The molecule has 1 aliphatic rings. The molecule has 4 rings (SSSR count). The van der Waals surface area contributed by atoms with Gasteiger partial charge in [0.1, 0.15) is 0 Å². The number of thiophene rings is 1. The Hall–Kier alpha value is -2.44. The van der Waals surface area contributed by atoms with E-state index in [0.29, 0.717) is 12.5 Å². The minimum Gasteiger partial charge on any atom is -0.391 e. The number of anilines is 1. The number of aromatic nitrogens is 2. The molecule has 1 aliphatic carbocycles. The van der Waals surface area contributed by atoms with Crippen LogP contribution in [0.5, 0.6) is 0 Å². The fraction of sp³-hybridized carbons (Fsp3) is 0.440. The second-order valence-electron chi connectivity index (χ2n) is 8.57. The van der Waals surface area contributed by atoms with Crippen molar-refractivity contribution in [3.8, 4) is 0 Å². The summed E-state index contributed by atoms with van der Waals surface area (Å²) < 4.78 is 1.89. The first-order valence-electron chi connectivity index (χ1n) is 11.1. The highest BCUT2D eigenvalue weighted by atomic mass is 32.1. The zero-order valence-corrected chi connectivity index (χ0v) is 19.4. The third-order valence-electron chi connectivity index (χ3n) is 6.11. The summed E-state index contributed by atoms with van der Waals surface area (Å²) in [5, 5.41) is 14.0. The monoisotopic (exact) mass is 437 g/mol. The van der Waals surface area contributed by atoms with Crippen LogP contribution >= 0.6 is 11.3 Å². The zero-order chi connectivity index (χ0) is 22.0. The van der Waals surface area contributed by atoms with Crippen molar-refractivity contribution in [1.29, 1.82) is 0 Å². The van der Waals surface area contributed by atoms with Crippen LogP contribution in [-0.4, -0.2) is 20.8 Å². The standard InChI is InChI=1S/C25H31N3O2S/c1-4-27-14-18(13-26-27)15-28(20-10-8-19(9-11-20)17(2)3)25(30)22-6-5-7-24-23(22)12-21(16-29)31-24/h8-14,17,22,29H,4-7,15-16H2,1-3H3. The Kier molecular flexibility index (Phi) is 6.58. The van der Waals surface area contributed by atoms with Gasteiger partial charge in [-0.1, -0.05) is 26.0 Å². The van der Waals surface area contributed by atoms with Crippen LogP contribution in [0.4, 0.5) is 5.69 Å². The summed E-state index contributed by atoms with van der Waals surface area (Å²) in [6.07, 6.45) is 6.72. The topological polar surface area (TPSA) is 58.4 Å². The first-order valence-corrected chi connectivity index (χ1v) is 12.0. The van der Waals surface area contributed by atoms with Crippen LogP contribution in [-0.2, 0) is 30.9 Å². The predicted molar refractivity (Wildman–Crippen MR) is 126 cm³/mol. The van der Waals surface area contributed by atoms with E-state index in [0.717, 1.165) is 47.5 Å². The number of amides is 1. The Labute approximate surface area is 188 Å². The summed E-state index contributed by atoms with van der Waals surface area (Å²) in [7, 11) is 0. The number of hydrogen-bond donors (Lipinski definition) is 1. The van der Waals surface area contributed by atoms with Gasteiger partial charge < -0.3 is 10.0 Å². The quantitative estimate of drug-likeness (QED) is 0.550. The van der Waals surface area contributed by atoms with E-state index in [1.807, 2.05) is 28.0 Å². The molecule has 6 heteroatoms. The molecule has 1 aromatic carbocycles. The fourth-order valence-electron chi connectivity index (χ4n) is 4.31. The van der Waals surface area contributed by atoms with Crippen LogP contribution in [0.1, 0.15) is 71.9 Å². The number of nitrogens with zero attached hydrogens (tertiary/aromatic N) is 3. The van der Waals surface area contributed by atoms with Crippen molar-refractivity contribution in [3.63, 3.8) is 0 Å². The minimum atomic E-state index is -0.161. The molecule has 0 radical (unpaired) electrons. The molecule has 3 aromatic rings. The predicted octanol–water partition coefficient (Wildman–Crippen LogP) is 5.23. The molecule has 0 spiro atoms. The van der Waals surface area contributed by atoms with Gasteiger partial charge in [0.25, 0.3) is 0 Å². The number of carbonyl (C=O) groups is 1. The summed E-state index contributed by atoms with van der Waals surface area (Å²) in [5.74, 6) is 0.417. The fourth-order valence-corrected chi connectivity index (χ4v) is 5.45. The maximum atomic E-state index is 13.9. The molecule has 2 heterocycles. The largest absolute Gasteiger partial charge is 0.391 e. The lowest BCUT2D eigenvalue weighted by Crippen LogP contribution is -2.35. The lowest BCUT2D eigenvalue weighted by atomic mass is 9.86. The van der Waals surface area contributed by atoms with Gasteiger partial charge in [-0.2, -0.15) is 5.10 Å². The number of rotatable bonds is 7. The van der Waals surface area contributed by atoms with E-state index in [4.69, 9.17) is 0 Å². The molecule has 1 N–H and O–H groups in total. The molecule has 0 saturated heterocycles. The average Bonchev–Trinajstić information content (AvgIpc) is 3.43. The molecular weight excluding hydrogens is 406 g/mol. The lowest BCUT2D eigenvalue weighted by molar-refractivity contribution is -0.120. The minimum absolute atomic E-state index is 0.0369. The molecule has 1 unspecified atom stereocenters. The third-order valence-corrected chi connectivity index (χ3v) is 7.30. The average molecular weight is 438 g/mol. The van der Waals surface area contributed by atoms with Crippen LogP contribution in [0.15, 0.2) is 42.7 Å². The molecule has 2 aromatic heterocycles. The number of hydrogen-bond acceptors (Lipinski definition) is 4. The number of benzene rings is 1. The van der Waals surface area contributed by atoms with Gasteiger partial charge in [-0.15, -0.1) is 11.3 Å². The molecule has 0 bridgehead atoms. The van der Waals surface area contributed by atoms with Gasteiger partial charge in [-0.05, 0) is 61.4 Å². The van der Waals surface area contributed by atoms with E-state index in [9.17, 15) is 9.90 Å². The normalized spacial score (nSPS) is 15.8. The Morgan fingerprint density at radius 1 is 1.32 bits per heavy atom. The molecule has 0 fully saturated rings. The first kappa shape index (κ1) is 21.8. The Balaban J connectivity index is 1.68.